The van der Waals surface area contributed by atoms with Crippen molar-refractivity contribution in [3.8, 4) is 6.07 Å². The molecule has 0 atom stereocenters. The van der Waals surface area contributed by atoms with Crippen LogP contribution in [0.25, 0.3) is 5.70 Å². The smallest absolute Gasteiger partial charge is 0.132 e. The van der Waals surface area contributed by atoms with Crippen LogP contribution in [0.3, 0.4) is 0 Å². The maximum Gasteiger partial charge on any atom is 0.132 e. The van der Waals surface area contributed by atoms with Crippen LogP contribution >= 0.6 is 15.9 Å². The quantitative estimate of drug-likeness (QED) is 0.838. The molecule has 0 spiro atoms. The number of hydrogen-bond acceptors (Lipinski definition) is 2. The fraction of sp³-hybridized carbons (Fsp3) is 0.182. The van der Waals surface area contributed by atoms with E-state index in [1.807, 2.05) is 6.07 Å². The number of nitriles is 1. The van der Waals surface area contributed by atoms with Gasteiger partial charge in [-0.1, -0.05) is 22.9 Å². The van der Waals surface area contributed by atoms with Crippen molar-refractivity contribution in [2.45, 2.75) is 13.3 Å². The number of halogens is 2. The Morgan fingerprint density at radius 1 is 1.60 bits per heavy atom. The first-order valence-electron chi connectivity index (χ1n) is 4.44. The van der Waals surface area contributed by atoms with Gasteiger partial charge in [0.1, 0.15) is 5.82 Å². The van der Waals surface area contributed by atoms with Gasteiger partial charge >= 0.3 is 0 Å². The Hall–Kier alpha value is -1.34. The van der Waals surface area contributed by atoms with Crippen molar-refractivity contribution in [2.75, 3.05) is 0 Å². The van der Waals surface area contributed by atoms with Crippen molar-refractivity contribution < 1.29 is 4.39 Å². The lowest BCUT2D eigenvalue weighted by Gasteiger charge is -2.06. The minimum Gasteiger partial charge on any atom is -0.397 e. The summed E-state index contributed by atoms with van der Waals surface area (Å²) in [5, 5.41) is 8.80. The molecule has 0 radical (unpaired) electrons. The van der Waals surface area contributed by atoms with E-state index in [2.05, 4.69) is 15.9 Å². The van der Waals surface area contributed by atoms with Crippen LogP contribution in [0.2, 0.25) is 0 Å². The third kappa shape index (κ3) is 2.57. The first-order chi connectivity index (χ1) is 7.10. The standard InChI is InChI=1S/C11H10BrFN2/c1-2-7(6-14)11(15)9-5-8(12)3-4-10(9)13/h3-5H,2,15H2,1H3/b11-7-. The maximum atomic E-state index is 13.4. The van der Waals surface area contributed by atoms with Gasteiger partial charge in [-0.3, -0.25) is 0 Å². The molecule has 2 nitrogen and oxygen atoms in total. The SMILES string of the molecule is CC/C(C#N)=C(/N)c1cc(Br)ccc1F. The van der Waals surface area contributed by atoms with Crippen LogP contribution in [0.1, 0.15) is 18.9 Å². The van der Waals surface area contributed by atoms with E-state index in [0.29, 0.717) is 12.0 Å². The summed E-state index contributed by atoms with van der Waals surface area (Å²) < 4.78 is 14.1. The Balaban J connectivity index is 3.34. The first kappa shape index (κ1) is 11.7. The zero-order chi connectivity index (χ0) is 11.4. The zero-order valence-electron chi connectivity index (χ0n) is 8.22. The van der Waals surface area contributed by atoms with Gasteiger partial charge in [-0.25, -0.2) is 4.39 Å². The minimum absolute atomic E-state index is 0.207. The molecule has 0 aliphatic carbocycles. The molecular weight excluding hydrogens is 259 g/mol. The molecular formula is C11H10BrFN2. The third-order valence-corrected chi connectivity index (χ3v) is 2.53. The van der Waals surface area contributed by atoms with Crippen LogP contribution in [0.4, 0.5) is 4.39 Å². The van der Waals surface area contributed by atoms with E-state index in [-0.39, 0.29) is 11.3 Å². The molecule has 0 amide bonds. The van der Waals surface area contributed by atoms with Gasteiger partial charge in [-0.05, 0) is 24.6 Å². The van der Waals surface area contributed by atoms with Crippen LogP contribution in [0, 0.1) is 17.1 Å². The lowest BCUT2D eigenvalue weighted by molar-refractivity contribution is 0.623. The third-order valence-electron chi connectivity index (χ3n) is 2.03. The van der Waals surface area contributed by atoms with Crippen molar-refractivity contribution in [1.29, 1.82) is 5.26 Å². The van der Waals surface area contributed by atoms with E-state index in [9.17, 15) is 4.39 Å². The molecule has 0 fully saturated rings. The highest BCUT2D eigenvalue weighted by Crippen LogP contribution is 2.22. The van der Waals surface area contributed by atoms with Crippen LogP contribution < -0.4 is 5.73 Å². The lowest BCUT2D eigenvalue weighted by Crippen LogP contribution is -2.03. The molecule has 0 saturated carbocycles. The molecule has 1 aromatic rings. The first-order valence-corrected chi connectivity index (χ1v) is 5.23. The van der Waals surface area contributed by atoms with Crippen LogP contribution in [0.15, 0.2) is 28.2 Å². The Morgan fingerprint density at radius 2 is 2.27 bits per heavy atom. The Kier molecular flexibility index (Phi) is 3.87. The van der Waals surface area contributed by atoms with Gasteiger partial charge in [0.2, 0.25) is 0 Å². The average Bonchev–Trinajstić information content (AvgIpc) is 2.23. The molecule has 0 aromatic heterocycles. The van der Waals surface area contributed by atoms with E-state index in [1.54, 1.807) is 19.1 Å². The highest BCUT2D eigenvalue weighted by Gasteiger charge is 2.09. The molecule has 2 N–H and O–H groups in total. The molecule has 0 aliphatic rings. The molecule has 78 valence electrons. The van der Waals surface area contributed by atoms with Crippen molar-refractivity contribution in [1.82, 2.24) is 0 Å². The molecule has 15 heavy (non-hydrogen) atoms. The number of rotatable bonds is 2. The fourth-order valence-corrected chi connectivity index (χ4v) is 1.56. The predicted molar refractivity (Wildman–Crippen MR) is 61.1 cm³/mol. The van der Waals surface area contributed by atoms with Gasteiger partial charge in [0, 0.05) is 10.0 Å². The Labute approximate surface area is 96.3 Å². The van der Waals surface area contributed by atoms with Crippen LogP contribution in [0.5, 0.6) is 0 Å². The summed E-state index contributed by atoms with van der Waals surface area (Å²) in [6, 6.07) is 6.44. The van der Waals surface area contributed by atoms with Gasteiger partial charge in [-0.15, -0.1) is 0 Å². The molecule has 4 heteroatoms. The molecule has 0 bridgehead atoms. The fourth-order valence-electron chi connectivity index (χ4n) is 1.20. The number of benzene rings is 1. The monoisotopic (exact) mass is 268 g/mol. The highest BCUT2D eigenvalue weighted by molar-refractivity contribution is 9.10. The number of hydrogen-bond donors (Lipinski definition) is 1. The van der Waals surface area contributed by atoms with Crippen LogP contribution in [-0.4, -0.2) is 0 Å². The zero-order valence-corrected chi connectivity index (χ0v) is 9.81. The van der Waals surface area contributed by atoms with Gasteiger partial charge in [0.15, 0.2) is 0 Å². The van der Waals surface area contributed by atoms with E-state index in [0.717, 1.165) is 4.47 Å². The second-order valence-corrected chi connectivity index (χ2v) is 3.90. The highest BCUT2D eigenvalue weighted by atomic mass is 79.9. The molecule has 0 unspecified atom stereocenters. The largest absolute Gasteiger partial charge is 0.397 e. The predicted octanol–water partition coefficient (Wildman–Crippen LogP) is 3.19. The molecule has 1 rings (SSSR count). The number of allylic oxidation sites excluding steroid dienone is 1. The average molecular weight is 269 g/mol. The Morgan fingerprint density at radius 3 is 2.80 bits per heavy atom. The number of nitrogens with two attached hydrogens (primary N) is 1. The molecule has 0 heterocycles. The molecule has 1 aromatic carbocycles. The maximum absolute atomic E-state index is 13.4. The van der Waals surface area contributed by atoms with E-state index in [4.69, 9.17) is 11.0 Å². The van der Waals surface area contributed by atoms with Crippen LogP contribution in [-0.2, 0) is 0 Å². The Bertz CT molecular complexity index is 446. The van der Waals surface area contributed by atoms with Gasteiger partial charge in [0.25, 0.3) is 0 Å². The normalized spacial score (nSPS) is 11.9. The second-order valence-electron chi connectivity index (χ2n) is 2.98. The van der Waals surface area contributed by atoms with Gasteiger partial charge in [-0.2, -0.15) is 5.26 Å². The van der Waals surface area contributed by atoms with E-state index in [1.165, 1.54) is 6.07 Å². The summed E-state index contributed by atoms with van der Waals surface area (Å²) >= 11 is 3.23. The van der Waals surface area contributed by atoms with Crippen molar-refractivity contribution in [3.05, 3.63) is 39.6 Å². The summed E-state index contributed by atoms with van der Waals surface area (Å²) in [6.07, 6.45) is 0.494. The molecule has 0 aliphatic heterocycles. The minimum atomic E-state index is -0.420. The number of nitrogens with zero attached hydrogens (tertiary/aromatic N) is 1. The lowest BCUT2D eigenvalue weighted by atomic mass is 10.1. The van der Waals surface area contributed by atoms with E-state index < -0.39 is 5.82 Å². The van der Waals surface area contributed by atoms with Crippen molar-refractivity contribution >= 4 is 21.6 Å². The van der Waals surface area contributed by atoms with Gasteiger partial charge in [0.05, 0.1) is 17.3 Å². The topological polar surface area (TPSA) is 49.8 Å². The van der Waals surface area contributed by atoms with E-state index >= 15 is 0 Å². The summed E-state index contributed by atoms with van der Waals surface area (Å²) in [5.41, 5.74) is 6.60. The summed E-state index contributed by atoms with van der Waals surface area (Å²) in [6.45, 7) is 1.81. The van der Waals surface area contributed by atoms with Crippen molar-refractivity contribution in [3.63, 3.8) is 0 Å². The summed E-state index contributed by atoms with van der Waals surface area (Å²) in [5.74, 6) is -0.420. The summed E-state index contributed by atoms with van der Waals surface area (Å²) in [4.78, 5) is 0. The molecule has 0 saturated heterocycles. The van der Waals surface area contributed by atoms with Crippen molar-refractivity contribution in [2.24, 2.45) is 5.73 Å². The summed E-state index contributed by atoms with van der Waals surface area (Å²) in [7, 11) is 0. The van der Waals surface area contributed by atoms with Gasteiger partial charge < -0.3 is 5.73 Å². The second kappa shape index (κ2) is 4.94.